The smallest absolute Gasteiger partial charge is 0.0794 e. The normalized spacial score (nSPS) is 10.8. The first-order valence-corrected chi connectivity index (χ1v) is 7.25. The van der Waals surface area contributed by atoms with Crippen LogP contribution in [0, 0.1) is 20.8 Å². The highest BCUT2D eigenvalue weighted by Crippen LogP contribution is 2.15. The van der Waals surface area contributed by atoms with E-state index in [-0.39, 0.29) is 0 Å². The molecule has 1 N–H and O–H groups in total. The zero-order valence-corrected chi connectivity index (χ0v) is 12.1. The molecule has 0 atom stereocenters. The molecule has 0 saturated heterocycles. The van der Waals surface area contributed by atoms with Crippen molar-refractivity contribution in [1.29, 1.82) is 0 Å². The molecule has 2 nitrogen and oxygen atoms in total. The van der Waals surface area contributed by atoms with Crippen LogP contribution in [0.4, 0.5) is 0 Å². The highest BCUT2D eigenvalue weighted by molar-refractivity contribution is 7.07. The van der Waals surface area contributed by atoms with E-state index in [9.17, 15) is 0 Å². The molecule has 18 heavy (non-hydrogen) atoms. The van der Waals surface area contributed by atoms with Crippen LogP contribution in [0.15, 0.2) is 23.0 Å². The van der Waals surface area contributed by atoms with Crippen molar-refractivity contribution in [2.24, 2.45) is 0 Å². The molecule has 0 spiro atoms. The van der Waals surface area contributed by atoms with Gasteiger partial charge in [0, 0.05) is 24.9 Å². The molecule has 2 rings (SSSR count). The third kappa shape index (κ3) is 3.40. The quantitative estimate of drug-likeness (QED) is 0.833. The van der Waals surface area contributed by atoms with Gasteiger partial charge in [-0.15, -0.1) is 11.3 Å². The number of aryl methyl sites for hydroxylation is 3. The summed E-state index contributed by atoms with van der Waals surface area (Å²) in [7, 11) is 0. The van der Waals surface area contributed by atoms with E-state index in [0.717, 1.165) is 19.5 Å². The molecule has 0 amide bonds. The summed E-state index contributed by atoms with van der Waals surface area (Å²) in [5, 5.41) is 5.62. The number of nitrogens with zero attached hydrogens (tertiary/aromatic N) is 1. The van der Waals surface area contributed by atoms with Crippen molar-refractivity contribution in [2.45, 2.75) is 33.7 Å². The Morgan fingerprint density at radius 1 is 1.17 bits per heavy atom. The highest BCUT2D eigenvalue weighted by atomic mass is 32.1. The second kappa shape index (κ2) is 6.12. The number of hydrogen-bond donors (Lipinski definition) is 1. The van der Waals surface area contributed by atoms with Crippen LogP contribution in [0.2, 0.25) is 0 Å². The van der Waals surface area contributed by atoms with Gasteiger partial charge < -0.3 is 5.32 Å². The average Bonchev–Trinajstić information content (AvgIpc) is 2.79. The molecule has 0 bridgehead atoms. The Bertz CT molecular complexity index is 480. The second-order valence-corrected chi connectivity index (χ2v) is 5.50. The molecule has 96 valence electrons. The number of benzene rings is 1. The molecule has 3 heteroatoms. The lowest BCUT2D eigenvalue weighted by Crippen LogP contribution is -2.18. The topological polar surface area (TPSA) is 24.9 Å². The molecule has 0 aliphatic carbocycles. The van der Waals surface area contributed by atoms with Crippen LogP contribution in [0.25, 0.3) is 0 Å². The lowest BCUT2D eigenvalue weighted by atomic mass is 10.00. The molecule has 0 aliphatic heterocycles. The fourth-order valence-electron chi connectivity index (χ4n) is 2.28. The number of rotatable bonds is 5. The van der Waals surface area contributed by atoms with Crippen molar-refractivity contribution in [1.82, 2.24) is 10.3 Å². The molecule has 0 fully saturated rings. The van der Waals surface area contributed by atoms with E-state index in [0.29, 0.717) is 0 Å². The lowest BCUT2D eigenvalue weighted by Gasteiger charge is -2.12. The van der Waals surface area contributed by atoms with Gasteiger partial charge in [0.1, 0.15) is 0 Å². The van der Waals surface area contributed by atoms with E-state index >= 15 is 0 Å². The van der Waals surface area contributed by atoms with E-state index in [1.807, 2.05) is 5.51 Å². The van der Waals surface area contributed by atoms with E-state index < -0.39 is 0 Å². The Hall–Kier alpha value is -1.19. The molecule has 1 aromatic heterocycles. The SMILES string of the molecule is Cc1cc(C)c(CNCCc2cscn2)c(C)c1. The largest absolute Gasteiger partial charge is 0.312 e. The summed E-state index contributed by atoms with van der Waals surface area (Å²) in [6.45, 7) is 8.47. The molecule has 0 radical (unpaired) electrons. The van der Waals surface area contributed by atoms with Crippen LogP contribution in [-0.2, 0) is 13.0 Å². The Morgan fingerprint density at radius 2 is 1.89 bits per heavy atom. The van der Waals surface area contributed by atoms with Crippen molar-refractivity contribution in [3.63, 3.8) is 0 Å². The number of aromatic nitrogens is 1. The maximum Gasteiger partial charge on any atom is 0.0794 e. The number of thiazole rings is 1. The van der Waals surface area contributed by atoms with Gasteiger partial charge in [0.15, 0.2) is 0 Å². The minimum Gasteiger partial charge on any atom is -0.312 e. The minimum absolute atomic E-state index is 0.947. The first-order valence-electron chi connectivity index (χ1n) is 6.31. The summed E-state index contributed by atoms with van der Waals surface area (Å²) in [6, 6.07) is 4.51. The number of hydrogen-bond acceptors (Lipinski definition) is 3. The van der Waals surface area contributed by atoms with E-state index in [2.05, 4.69) is 48.6 Å². The zero-order valence-electron chi connectivity index (χ0n) is 11.3. The van der Waals surface area contributed by atoms with Gasteiger partial charge in [-0.25, -0.2) is 4.98 Å². The zero-order chi connectivity index (χ0) is 13.0. The lowest BCUT2D eigenvalue weighted by molar-refractivity contribution is 0.676. The monoisotopic (exact) mass is 260 g/mol. The minimum atomic E-state index is 0.947. The molecular formula is C15H20N2S. The van der Waals surface area contributed by atoms with Gasteiger partial charge in [-0.2, -0.15) is 0 Å². The maximum atomic E-state index is 4.29. The summed E-state index contributed by atoms with van der Waals surface area (Å²) in [4.78, 5) is 4.29. The van der Waals surface area contributed by atoms with Crippen molar-refractivity contribution in [3.05, 3.63) is 51.0 Å². The van der Waals surface area contributed by atoms with E-state index in [1.165, 1.54) is 27.9 Å². The predicted octanol–water partition coefficient (Wildman–Crippen LogP) is 3.40. The molecule has 1 heterocycles. The van der Waals surface area contributed by atoms with Gasteiger partial charge in [0.05, 0.1) is 11.2 Å². The van der Waals surface area contributed by atoms with Crippen LogP contribution in [0.3, 0.4) is 0 Å². The van der Waals surface area contributed by atoms with Crippen LogP contribution >= 0.6 is 11.3 Å². The van der Waals surface area contributed by atoms with Gasteiger partial charge >= 0.3 is 0 Å². The van der Waals surface area contributed by atoms with Crippen LogP contribution in [0.1, 0.15) is 27.9 Å². The van der Waals surface area contributed by atoms with E-state index in [1.54, 1.807) is 11.3 Å². The molecule has 2 aromatic rings. The average molecular weight is 260 g/mol. The third-order valence-electron chi connectivity index (χ3n) is 3.18. The molecule has 0 unspecified atom stereocenters. The standard InChI is InChI=1S/C15H20N2S/c1-11-6-12(2)15(13(3)7-11)8-16-5-4-14-9-18-10-17-14/h6-7,9-10,16H,4-5,8H2,1-3H3. The van der Waals surface area contributed by atoms with Gasteiger partial charge in [-0.3, -0.25) is 0 Å². The van der Waals surface area contributed by atoms with Crippen molar-refractivity contribution in [2.75, 3.05) is 6.54 Å². The molecule has 0 saturated carbocycles. The van der Waals surface area contributed by atoms with E-state index in [4.69, 9.17) is 0 Å². The van der Waals surface area contributed by atoms with Gasteiger partial charge in [-0.05, 0) is 37.5 Å². The fraction of sp³-hybridized carbons (Fsp3) is 0.400. The number of nitrogens with one attached hydrogen (secondary N) is 1. The molecular weight excluding hydrogens is 240 g/mol. The van der Waals surface area contributed by atoms with Crippen molar-refractivity contribution < 1.29 is 0 Å². The van der Waals surface area contributed by atoms with Gasteiger partial charge in [0.25, 0.3) is 0 Å². The van der Waals surface area contributed by atoms with Crippen LogP contribution in [-0.4, -0.2) is 11.5 Å². The summed E-state index contributed by atoms with van der Waals surface area (Å²) < 4.78 is 0. The van der Waals surface area contributed by atoms with Crippen molar-refractivity contribution in [3.8, 4) is 0 Å². The van der Waals surface area contributed by atoms with Crippen LogP contribution < -0.4 is 5.32 Å². The Morgan fingerprint density at radius 3 is 2.50 bits per heavy atom. The maximum absolute atomic E-state index is 4.29. The summed E-state index contributed by atoms with van der Waals surface area (Å²) in [6.07, 6.45) is 1.01. The first kappa shape index (κ1) is 13.2. The molecule has 1 aromatic carbocycles. The Kier molecular flexibility index (Phi) is 4.50. The fourth-order valence-corrected chi connectivity index (χ4v) is 2.87. The summed E-state index contributed by atoms with van der Waals surface area (Å²) >= 11 is 1.66. The predicted molar refractivity (Wildman–Crippen MR) is 78.2 cm³/mol. The summed E-state index contributed by atoms with van der Waals surface area (Å²) in [5.74, 6) is 0. The molecule has 0 aliphatic rings. The van der Waals surface area contributed by atoms with Gasteiger partial charge in [0.2, 0.25) is 0 Å². The van der Waals surface area contributed by atoms with Crippen molar-refractivity contribution >= 4 is 11.3 Å². The third-order valence-corrected chi connectivity index (χ3v) is 3.82. The summed E-state index contributed by atoms with van der Waals surface area (Å²) in [5.41, 5.74) is 8.62. The second-order valence-electron chi connectivity index (χ2n) is 4.78. The first-order chi connectivity index (χ1) is 8.66. The van der Waals surface area contributed by atoms with Gasteiger partial charge in [-0.1, -0.05) is 17.7 Å². The Balaban J connectivity index is 1.87. The highest BCUT2D eigenvalue weighted by Gasteiger charge is 2.03. The van der Waals surface area contributed by atoms with Crippen LogP contribution in [0.5, 0.6) is 0 Å². The Labute approximate surface area is 113 Å².